The van der Waals surface area contributed by atoms with Gasteiger partial charge in [-0.2, -0.15) is 0 Å². The van der Waals surface area contributed by atoms with Crippen molar-refractivity contribution >= 4 is 33.6 Å². The average molecular weight is 607 g/mol. The third-order valence-corrected chi connectivity index (χ3v) is 8.44. The number of sulfonamides is 1. The van der Waals surface area contributed by atoms with Crippen LogP contribution in [-0.2, 0) is 23.6 Å². The second-order valence-electron chi connectivity index (χ2n) is 10.1. The van der Waals surface area contributed by atoms with E-state index in [-0.39, 0.29) is 28.8 Å². The Morgan fingerprint density at radius 3 is 2.61 bits per heavy atom. The van der Waals surface area contributed by atoms with E-state index in [0.717, 1.165) is 11.3 Å². The van der Waals surface area contributed by atoms with Crippen LogP contribution < -0.4 is 20.3 Å². The molecule has 3 N–H and O–H groups in total. The number of hydrogen-bond acceptors (Lipinski definition) is 6. The number of hydrazine groups is 1. The number of urea groups is 1. The third-order valence-electron chi connectivity index (χ3n) is 6.84. The van der Waals surface area contributed by atoms with Crippen molar-refractivity contribution in [3.63, 3.8) is 0 Å². The van der Waals surface area contributed by atoms with Crippen LogP contribution in [0.15, 0.2) is 48.9 Å². The Morgan fingerprint density at radius 2 is 1.95 bits per heavy atom. The van der Waals surface area contributed by atoms with Gasteiger partial charge in [-0.3, -0.25) is 10.2 Å². The highest BCUT2D eigenvalue weighted by molar-refractivity contribution is 7.89. The second-order valence-corrected chi connectivity index (χ2v) is 12.3. The van der Waals surface area contributed by atoms with E-state index in [4.69, 9.17) is 16.3 Å². The molecule has 1 aliphatic carbocycles. The molecule has 0 aliphatic heterocycles. The Balaban J connectivity index is 1.27. The fraction of sp³-hybridized carbons (Fsp3) is 0.370. The monoisotopic (exact) mass is 606 g/mol. The Bertz CT molecular complexity index is 1510. The maximum Gasteiger partial charge on any atom is 0.317 e. The number of ether oxygens (including phenoxy) is 1. The minimum absolute atomic E-state index is 0.179. The normalized spacial score (nSPS) is 16.8. The lowest BCUT2D eigenvalue weighted by Gasteiger charge is -2.21. The van der Waals surface area contributed by atoms with Crippen molar-refractivity contribution in [1.29, 1.82) is 0 Å². The van der Waals surface area contributed by atoms with Gasteiger partial charge >= 0.3 is 6.03 Å². The molecule has 11 nitrogen and oxygen atoms in total. The van der Waals surface area contributed by atoms with Crippen LogP contribution in [-0.4, -0.2) is 60.8 Å². The van der Waals surface area contributed by atoms with Gasteiger partial charge in [0.25, 0.3) is 5.91 Å². The highest BCUT2D eigenvalue weighted by atomic mass is 35.5. The summed E-state index contributed by atoms with van der Waals surface area (Å²) in [5.74, 6) is -1.75. The molecule has 1 fully saturated rings. The third kappa shape index (κ3) is 7.96. The van der Waals surface area contributed by atoms with Crippen LogP contribution in [0.4, 0.5) is 9.18 Å². The molecule has 0 radical (unpaired) electrons. The minimum Gasteiger partial charge on any atom is -0.497 e. The maximum absolute atomic E-state index is 14.6. The quantitative estimate of drug-likeness (QED) is 0.303. The van der Waals surface area contributed by atoms with Gasteiger partial charge < -0.3 is 19.5 Å². The summed E-state index contributed by atoms with van der Waals surface area (Å²) < 4.78 is 46.8. The molecule has 1 heterocycles. The zero-order valence-corrected chi connectivity index (χ0v) is 24.4. The molecule has 14 heteroatoms. The van der Waals surface area contributed by atoms with Crippen molar-refractivity contribution in [2.75, 3.05) is 19.9 Å². The van der Waals surface area contributed by atoms with E-state index in [1.54, 1.807) is 43.2 Å². The topological polar surface area (TPSA) is 135 Å². The first kappa shape index (κ1) is 30.3. The van der Waals surface area contributed by atoms with Gasteiger partial charge in [-0.1, -0.05) is 23.7 Å². The van der Waals surface area contributed by atoms with Crippen molar-refractivity contribution in [2.24, 2.45) is 13.0 Å². The van der Waals surface area contributed by atoms with Crippen LogP contribution in [0, 0.1) is 11.7 Å². The molecule has 220 valence electrons. The van der Waals surface area contributed by atoms with Crippen molar-refractivity contribution < 1.29 is 27.1 Å². The molecular formula is C27H32ClFN6O5S. The van der Waals surface area contributed by atoms with Gasteiger partial charge in [0.05, 0.1) is 35.5 Å². The summed E-state index contributed by atoms with van der Waals surface area (Å²) in [6, 6.07) is 9.56. The van der Waals surface area contributed by atoms with Gasteiger partial charge in [0.2, 0.25) is 10.0 Å². The molecule has 0 bridgehead atoms. The number of rotatable bonds is 10. The molecule has 1 aliphatic rings. The lowest BCUT2D eigenvalue weighted by molar-refractivity contribution is 0.0941. The molecular weight excluding hydrogens is 575 g/mol. The summed E-state index contributed by atoms with van der Waals surface area (Å²) >= 11 is 5.98. The summed E-state index contributed by atoms with van der Waals surface area (Å²) in [4.78, 5) is 33.1. The largest absolute Gasteiger partial charge is 0.497 e. The molecule has 4 rings (SSSR count). The SMILES string of the molecule is COc1ccc(CN(C)C(=O)NC2CCC(CS(=O)(=O)NNC(=O)c3cc(-c4cn(C)cn4)cc(Cl)c3F)C2)cc1. The highest BCUT2D eigenvalue weighted by Crippen LogP contribution is 2.28. The lowest BCUT2D eigenvalue weighted by atomic mass is 10.1. The molecule has 1 saturated carbocycles. The fourth-order valence-electron chi connectivity index (χ4n) is 4.73. The predicted octanol–water partition coefficient (Wildman–Crippen LogP) is 3.46. The van der Waals surface area contributed by atoms with Gasteiger partial charge in [-0.05, 0) is 55.0 Å². The van der Waals surface area contributed by atoms with E-state index in [9.17, 15) is 22.4 Å². The number of aromatic nitrogens is 2. The van der Waals surface area contributed by atoms with E-state index in [0.29, 0.717) is 37.1 Å². The summed E-state index contributed by atoms with van der Waals surface area (Å²) in [6.07, 6.45) is 4.88. The number of methoxy groups -OCH3 is 1. The van der Waals surface area contributed by atoms with Crippen LogP contribution in [0.1, 0.15) is 35.2 Å². The standard InChI is InChI=1S/C27H32ClFN6O5S/c1-34-14-24(30-16-34)19-11-22(25(29)23(28)12-19)26(36)32-33-41(38,39)15-18-4-7-20(10-18)31-27(37)35(2)13-17-5-8-21(40-3)9-6-17/h5-6,8-9,11-12,14,16,18,20,33H,4,7,10,13,15H2,1-3H3,(H,31,37)(H,32,36). The first-order valence-corrected chi connectivity index (χ1v) is 14.9. The molecule has 41 heavy (non-hydrogen) atoms. The molecule has 2 unspecified atom stereocenters. The van der Waals surface area contributed by atoms with Crippen LogP contribution in [0.3, 0.4) is 0 Å². The first-order chi connectivity index (χ1) is 19.4. The minimum atomic E-state index is -3.95. The van der Waals surface area contributed by atoms with Gasteiger partial charge in [0, 0.05) is 38.4 Å². The van der Waals surface area contributed by atoms with Crippen LogP contribution in [0.2, 0.25) is 5.02 Å². The summed E-state index contributed by atoms with van der Waals surface area (Å²) in [6.45, 7) is 0.403. The first-order valence-electron chi connectivity index (χ1n) is 12.9. The molecule has 2 aromatic carbocycles. The van der Waals surface area contributed by atoms with Crippen LogP contribution in [0.5, 0.6) is 5.75 Å². The smallest absolute Gasteiger partial charge is 0.317 e. The van der Waals surface area contributed by atoms with E-state index in [1.807, 2.05) is 29.1 Å². The molecule has 0 spiro atoms. The zero-order valence-electron chi connectivity index (χ0n) is 22.9. The highest BCUT2D eigenvalue weighted by Gasteiger charge is 2.30. The number of hydrogen-bond donors (Lipinski definition) is 3. The van der Waals surface area contributed by atoms with Gasteiger partial charge in [-0.15, -0.1) is 4.83 Å². The Morgan fingerprint density at radius 1 is 1.22 bits per heavy atom. The summed E-state index contributed by atoms with van der Waals surface area (Å²) in [5.41, 5.74) is 3.46. The number of benzene rings is 2. The summed E-state index contributed by atoms with van der Waals surface area (Å²) in [5, 5.41) is 2.66. The van der Waals surface area contributed by atoms with Crippen molar-refractivity contribution in [2.45, 2.75) is 31.8 Å². The van der Waals surface area contributed by atoms with E-state index >= 15 is 0 Å². The molecule has 0 saturated heterocycles. The van der Waals surface area contributed by atoms with Gasteiger partial charge in [0.1, 0.15) is 5.75 Å². The van der Waals surface area contributed by atoms with E-state index < -0.39 is 27.3 Å². The number of halogens is 2. The molecule has 3 amide bonds. The molecule has 1 aromatic heterocycles. The Hall–Kier alpha value is -3.68. The van der Waals surface area contributed by atoms with Gasteiger partial charge in [0.15, 0.2) is 5.82 Å². The number of carbonyl (C=O) groups excluding carboxylic acids is 2. The van der Waals surface area contributed by atoms with Gasteiger partial charge in [-0.25, -0.2) is 22.6 Å². The number of imidazole rings is 1. The number of aryl methyl sites for hydroxylation is 1. The Kier molecular flexibility index (Phi) is 9.51. The maximum atomic E-state index is 14.6. The Labute approximate surface area is 243 Å². The molecule has 2 atom stereocenters. The molecule has 3 aromatic rings. The fourth-order valence-corrected chi connectivity index (χ4v) is 6.20. The number of carbonyl (C=O) groups is 2. The predicted molar refractivity (Wildman–Crippen MR) is 152 cm³/mol. The zero-order chi connectivity index (χ0) is 29.7. The second kappa shape index (κ2) is 12.9. The van der Waals surface area contributed by atoms with Crippen molar-refractivity contribution in [3.05, 3.63) is 70.9 Å². The average Bonchev–Trinajstić information content (AvgIpc) is 3.57. The number of amides is 3. The van der Waals surface area contributed by atoms with Crippen molar-refractivity contribution in [1.82, 2.24) is 30.0 Å². The number of nitrogens with one attached hydrogen (secondary N) is 3. The van der Waals surface area contributed by atoms with E-state index in [1.165, 1.54) is 12.1 Å². The number of nitrogens with zero attached hydrogens (tertiary/aromatic N) is 3. The lowest BCUT2D eigenvalue weighted by Crippen LogP contribution is -2.44. The van der Waals surface area contributed by atoms with Crippen LogP contribution >= 0.6 is 11.6 Å². The van der Waals surface area contributed by atoms with Crippen LogP contribution in [0.25, 0.3) is 11.3 Å². The summed E-state index contributed by atoms with van der Waals surface area (Å²) in [7, 11) is 1.08. The van der Waals surface area contributed by atoms with Crippen molar-refractivity contribution in [3.8, 4) is 17.0 Å². The van der Waals surface area contributed by atoms with E-state index in [2.05, 4.69) is 15.7 Å².